The van der Waals surface area contributed by atoms with Gasteiger partial charge in [0.2, 0.25) is 0 Å². The van der Waals surface area contributed by atoms with Crippen molar-refractivity contribution in [2.75, 3.05) is 20.0 Å². The van der Waals surface area contributed by atoms with E-state index in [1.807, 2.05) is 54.6 Å². The Morgan fingerprint density at radius 2 is 1.97 bits per heavy atom. The third kappa shape index (κ3) is 4.86. The molecule has 1 aromatic heterocycles. The quantitative estimate of drug-likeness (QED) is 0.387. The standard InChI is InChI=1S/C24H23BrN2O4S/c1-29-22-7-3-6-19(24(22)30-2)21-13-20(16-8-10-17(25)11-9-16)26-27(21)23(28)15-32-14-18-5-4-12-31-18/h3-12,21H,13-15H2,1-2H3. The Labute approximate surface area is 199 Å². The molecule has 3 aromatic rings. The van der Waals surface area contributed by atoms with Crippen LogP contribution in [-0.4, -0.2) is 36.6 Å². The molecule has 0 saturated carbocycles. The third-order valence-corrected chi connectivity index (χ3v) is 6.65. The van der Waals surface area contributed by atoms with Gasteiger partial charge in [0.25, 0.3) is 5.91 Å². The lowest BCUT2D eigenvalue weighted by atomic mass is 9.97. The van der Waals surface area contributed by atoms with Gasteiger partial charge in [0.15, 0.2) is 11.5 Å². The van der Waals surface area contributed by atoms with E-state index in [4.69, 9.17) is 19.0 Å². The Bertz CT molecular complexity index is 1100. The fraction of sp³-hybridized carbons (Fsp3) is 0.250. The van der Waals surface area contributed by atoms with Crippen LogP contribution in [0.2, 0.25) is 0 Å². The van der Waals surface area contributed by atoms with Crippen molar-refractivity contribution in [3.63, 3.8) is 0 Å². The summed E-state index contributed by atoms with van der Waals surface area (Å²) >= 11 is 4.98. The highest BCUT2D eigenvalue weighted by atomic mass is 79.9. The average Bonchev–Trinajstić information content (AvgIpc) is 3.49. The number of hydrogen-bond donors (Lipinski definition) is 0. The van der Waals surface area contributed by atoms with Gasteiger partial charge >= 0.3 is 0 Å². The van der Waals surface area contributed by atoms with E-state index in [9.17, 15) is 4.79 Å². The second-order valence-electron chi connectivity index (χ2n) is 7.17. The van der Waals surface area contributed by atoms with Gasteiger partial charge in [-0.3, -0.25) is 4.79 Å². The summed E-state index contributed by atoms with van der Waals surface area (Å²) in [5, 5.41) is 6.33. The maximum atomic E-state index is 13.2. The van der Waals surface area contributed by atoms with Gasteiger partial charge in [-0.15, -0.1) is 11.8 Å². The molecule has 0 fully saturated rings. The minimum absolute atomic E-state index is 0.0662. The Hall–Kier alpha value is -2.71. The van der Waals surface area contributed by atoms with Crippen LogP contribution in [0.25, 0.3) is 0 Å². The van der Waals surface area contributed by atoms with Gasteiger partial charge in [-0.25, -0.2) is 5.01 Å². The number of benzene rings is 2. The molecule has 0 radical (unpaired) electrons. The summed E-state index contributed by atoms with van der Waals surface area (Å²) in [4.78, 5) is 13.2. The van der Waals surface area contributed by atoms with E-state index < -0.39 is 0 Å². The SMILES string of the molecule is COc1cccc(C2CC(c3ccc(Br)cc3)=NN2C(=O)CSCc2ccco2)c1OC. The first kappa shape index (κ1) is 22.5. The number of methoxy groups -OCH3 is 2. The van der Waals surface area contributed by atoms with E-state index in [0.29, 0.717) is 29.4 Å². The first-order valence-electron chi connectivity index (χ1n) is 10.1. The lowest BCUT2D eigenvalue weighted by Crippen LogP contribution is -2.29. The highest BCUT2D eigenvalue weighted by molar-refractivity contribution is 9.10. The van der Waals surface area contributed by atoms with Crippen molar-refractivity contribution in [3.05, 3.63) is 82.2 Å². The van der Waals surface area contributed by atoms with Crippen LogP contribution in [0.4, 0.5) is 0 Å². The van der Waals surface area contributed by atoms with Gasteiger partial charge < -0.3 is 13.9 Å². The number of hydrazone groups is 1. The molecule has 0 aliphatic carbocycles. The van der Waals surface area contributed by atoms with E-state index in [1.54, 1.807) is 25.5 Å². The zero-order valence-electron chi connectivity index (χ0n) is 17.8. The van der Waals surface area contributed by atoms with Gasteiger partial charge in [-0.1, -0.05) is 40.2 Å². The number of thioether (sulfide) groups is 1. The van der Waals surface area contributed by atoms with Gasteiger partial charge in [-0.2, -0.15) is 5.10 Å². The van der Waals surface area contributed by atoms with E-state index in [-0.39, 0.29) is 11.9 Å². The predicted octanol–water partition coefficient (Wildman–Crippen LogP) is 5.67. The largest absolute Gasteiger partial charge is 0.493 e. The number of amides is 1. The molecular formula is C24H23BrN2O4S. The molecule has 2 aromatic carbocycles. The van der Waals surface area contributed by atoms with E-state index in [2.05, 4.69) is 15.9 Å². The molecule has 32 heavy (non-hydrogen) atoms. The summed E-state index contributed by atoms with van der Waals surface area (Å²) in [6.45, 7) is 0. The summed E-state index contributed by atoms with van der Waals surface area (Å²) < 4.78 is 17.5. The van der Waals surface area contributed by atoms with Crippen LogP contribution in [0.15, 0.2) is 74.9 Å². The lowest BCUT2D eigenvalue weighted by Gasteiger charge is -2.24. The van der Waals surface area contributed by atoms with E-state index >= 15 is 0 Å². The molecule has 4 rings (SSSR count). The number of nitrogens with zero attached hydrogens (tertiary/aromatic N) is 2. The highest BCUT2D eigenvalue weighted by Crippen LogP contribution is 2.42. The molecule has 1 aliphatic rings. The van der Waals surface area contributed by atoms with Gasteiger partial charge in [-0.05, 0) is 35.9 Å². The Kier molecular flexibility index (Phi) is 7.22. The predicted molar refractivity (Wildman–Crippen MR) is 129 cm³/mol. The zero-order valence-corrected chi connectivity index (χ0v) is 20.2. The Morgan fingerprint density at radius 3 is 2.66 bits per heavy atom. The van der Waals surface area contributed by atoms with Crippen LogP contribution in [0.3, 0.4) is 0 Å². The fourth-order valence-corrected chi connectivity index (χ4v) is 4.71. The topological polar surface area (TPSA) is 64.3 Å². The molecule has 0 N–H and O–H groups in total. The van der Waals surface area contributed by atoms with Crippen LogP contribution in [0.5, 0.6) is 11.5 Å². The Balaban J connectivity index is 1.62. The van der Waals surface area contributed by atoms with Crippen LogP contribution in [0, 0.1) is 0 Å². The lowest BCUT2D eigenvalue weighted by molar-refractivity contribution is -0.130. The molecule has 1 unspecified atom stereocenters. The molecule has 1 amide bonds. The number of ether oxygens (including phenoxy) is 2. The number of carbonyl (C=O) groups excluding carboxylic acids is 1. The van der Waals surface area contributed by atoms with Crippen LogP contribution >= 0.6 is 27.7 Å². The first-order chi connectivity index (χ1) is 15.6. The van der Waals surface area contributed by atoms with Gasteiger partial charge in [0, 0.05) is 16.5 Å². The summed E-state index contributed by atoms with van der Waals surface area (Å²) in [5.41, 5.74) is 2.71. The van der Waals surface area contributed by atoms with Crippen molar-refractivity contribution < 1.29 is 18.7 Å². The van der Waals surface area contributed by atoms with Crippen LogP contribution in [-0.2, 0) is 10.5 Å². The van der Waals surface area contributed by atoms with Crippen molar-refractivity contribution in [2.24, 2.45) is 5.10 Å². The highest BCUT2D eigenvalue weighted by Gasteiger charge is 2.35. The van der Waals surface area contributed by atoms with Crippen LogP contribution in [0.1, 0.15) is 29.3 Å². The summed E-state index contributed by atoms with van der Waals surface area (Å²) in [6.07, 6.45) is 2.22. The number of carbonyl (C=O) groups is 1. The summed E-state index contributed by atoms with van der Waals surface area (Å²) in [5.74, 6) is 2.94. The number of halogens is 1. The normalized spacial score (nSPS) is 15.5. The summed E-state index contributed by atoms with van der Waals surface area (Å²) in [6, 6.07) is 17.1. The smallest absolute Gasteiger partial charge is 0.253 e. The molecule has 166 valence electrons. The number of para-hydroxylation sites is 1. The molecular weight excluding hydrogens is 492 g/mol. The molecule has 8 heteroatoms. The second-order valence-corrected chi connectivity index (χ2v) is 9.07. The molecule has 0 saturated heterocycles. The molecule has 1 aliphatic heterocycles. The second kappa shape index (κ2) is 10.3. The van der Waals surface area contributed by atoms with Crippen molar-refractivity contribution in [2.45, 2.75) is 18.2 Å². The molecule has 0 spiro atoms. The van der Waals surface area contributed by atoms with Crippen molar-refractivity contribution in [1.29, 1.82) is 0 Å². The number of furan rings is 1. The fourth-order valence-electron chi connectivity index (χ4n) is 3.67. The molecule has 2 heterocycles. The first-order valence-corrected chi connectivity index (χ1v) is 12.0. The van der Waals surface area contributed by atoms with Crippen molar-refractivity contribution in [3.8, 4) is 11.5 Å². The molecule has 1 atom stereocenters. The van der Waals surface area contributed by atoms with Gasteiger partial charge in [0.1, 0.15) is 5.76 Å². The van der Waals surface area contributed by atoms with Crippen molar-refractivity contribution >= 4 is 39.3 Å². The minimum Gasteiger partial charge on any atom is -0.493 e. The maximum Gasteiger partial charge on any atom is 0.253 e. The van der Waals surface area contributed by atoms with Crippen molar-refractivity contribution in [1.82, 2.24) is 5.01 Å². The average molecular weight is 515 g/mol. The Morgan fingerprint density at radius 1 is 1.16 bits per heavy atom. The van der Waals surface area contributed by atoms with Gasteiger partial charge in [0.05, 0.1) is 43.7 Å². The number of rotatable bonds is 8. The van der Waals surface area contributed by atoms with Crippen LogP contribution < -0.4 is 9.47 Å². The molecule has 0 bridgehead atoms. The zero-order chi connectivity index (χ0) is 22.5. The van der Waals surface area contributed by atoms with E-state index in [0.717, 1.165) is 27.1 Å². The third-order valence-electron chi connectivity index (χ3n) is 5.19. The monoisotopic (exact) mass is 514 g/mol. The maximum absolute atomic E-state index is 13.2. The minimum atomic E-state index is -0.282. The van der Waals surface area contributed by atoms with E-state index in [1.165, 1.54) is 11.8 Å². The summed E-state index contributed by atoms with van der Waals surface area (Å²) in [7, 11) is 3.21. The number of hydrogen-bond acceptors (Lipinski definition) is 6. The molecule has 6 nitrogen and oxygen atoms in total.